The van der Waals surface area contributed by atoms with Crippen LogP contribution in [0.1, 0.15) is 26.2 Å². The van der Waals surface area contributed by atoms with Crippen molar-refractivity contribution in [2.45, 2.75) is 32.3 Å². The van der Waals surface area contributed by atoms with Crippen LogP contribution >= 0.6 is 24.8 Å². The maximum atomic E-state index is 11.9. The Morgan fingerprint density at radius 1 is 1.33 bits per heavy atom. The number of hydrogen-bond donors (Lipinski definition) is 2. The van der Waals surface area contributed by atoms with Gasteiger partial charge in [-0.3, -0.25) is 4.79 Å². The number of amides is 1. The maximum absolute atomic E-state index is 11.9. The monoisotopic (exact) mass is 341 g/mol. The molecule has 2 aliphatic heterocycles. The first-order valence-corrected chi connectivity index (χ1v) is 7.62. The SMILES string of the molecule is CCCN1CCC(CNC(=O)C2CNCCO2)CC1.Cl.Cl. The summed E-state index contributed by atoms with van der Waals surface area (Å²) in [6.07, 6.45) is 3.33. The smallest absolute Gasteiger partial charge is 0.250 e. The van der Waals surface area contributed by atoms with E-state index in [1.807, 2.05) is 0 Å². The van der Waals surface area contributed by atoms with Gasteiger partial charge in [0.25, 0.3) is 0 Å². The molecular formula is C14H29Cl2N3O2. The zero-order valence-corrected chi connectivity index (χ0v) is 14.4. The summed E-state index contributed by atoms with van der Waals surface area (Å²) in [4.78, 5) is 14.4. The lowest BCUT2D eigenvalue weighted by atomic mass is 9.96. The molecule has 1 atom stereocenters. The summed E-state index contributed by atoms with van der Waals surface area (Å²) in [5, 5.41) is 6.23. The summed E-state index contributed by atoms with van der Waals surface area (Å²) >= 11 is 0. The Kier molecular flexibility index (Phi) is 11.5. The number of rotatable bonds is 5. The standard InChI is InChI=1S/C14H27N3O2.2ClH/c1-2-6-17-7-3-12(4-8-17)10-16-14(18)13-11-15-5-9-19-13;;/h12-13,15H,2-11H2,1H3,(H,16,18);2*1H. The van der Waals surface area contributed by atoms with E-state index in [0.717, 1.165) is 13.1 Å². The largest absolute Gasteiger partial charge is 0.366 e. The second kappa shape index (κ2) is 11.5. The average Bonchev–Trinajstić information content (AvgIpc) is 2.47. The highest BCUT2D eigenvalue weighted by atomic mass is 35.5. The molecule has 7 heteroatoms. The summed E-state index contributed by atoms with van der Waals surface area (Å²) in [6, 6.07) is 0. The van der Waals surface area contributed by atoms with Crippen LogP contribution in [0.2, 0.25) is 0 Å². The summed E-state index contributed by atoms with van der Waals surface area (Å²) in [6.45, 7) is 8.71. The molecular weight excluding hydrogens is 313 g/mol. The molecule has 0 aliphatic carbocycles. The van der Waals surface area contributed by atoms with Crippen molar-refractivity contribution in [3.05, 3.63) is 0 Å². The molecule has 0 saturated carbocycles. The van der Waals surface area contributed by atoms with Crippen molar-refractivity contribution in [1.29, 1.82) is 0 Å². The molecule has 0 aromatic carbocycles. The first kappa shape index (κ1) is 20.9. The van der Waals surface area contributed by atoms with Gasteiger partial charge in [-0.1, -0.05) is 6.92 Å². The minimum atomic E-state index is -0.297. The number of nitrogens with one attached hydrogen (secondary N) is 2. The molecule has 126 valence electrons. The highest BCUT2D eigenvalue weighted by molar-refractivity contribution is 5.85. The molecule has 2 saturated heterocycles. The van der Waals surface area contributed by atoms with E-state index in [4.69, 9.17) is 4.74 Å². The van der Waals surface area contributed by atoms with Crippen molar-refractivity contribution in [3.63, 3.8) is 0 Å². The van der Waals surface area contributed by atoms with Crippen LogP contribution in [0.25, 0.3) is 0 Å². The molecule has 0 radical (unpaired) electrons. The lowest BCUT2D eigenvalue weighted by Gasteiger charge is -2.32. The van der Waals surface area contributed by atoms with Gasteiger partial charge in [0, 0.05) is 19.6 Å². The fourth-order valence-corrected chi connectivity index (χ4v) is 2.82. The van der Waals surface area contributed by atoms with Gasteiger partial charge >= 0.3 is 0 Å². The number of halogens is 2. The van der Waals surface area contributed by atoms with Gasteiger partial charge in [0.2, 0.25) is 5.91 Å². The molecule has 1 unspecified atom stereocenters. The summed E-state index contributed by atoms with van der Waals surface area (Å²) in [7, 11) is 0. The van der Waals surface area contributed by atoms with E-state index in [9.17, 15) is 4.79 Å². The van der Waals surface area contributed by atoms with Gasteiger partial charge in [-0.2, -0.15) is 0 Å². The van der Waals surface area contributed by atoms with Gasteiger partial charge < -0.3 is 20.3 Å². The van der Waals surface area contributed by atoms with Crippen LogP contribution in [0, 0.1) is 5.92 Å². The Morgan fingerprint density at radius 3 is 2.62 bits per heavy atom. The second-order valence-corrected chi connectivity index (χ2v) is 5.59. The summed E-state index contributed by atoms with van der Waals surface area (Å²) < 4.78 is 5.45. The van der Waals surface area contributed by atoms with Gasteiger partial charge in [-0.15, -0.1) is 24.8 Å². The van der Waals surface area contributed by atoms with Crippen LogP contribution in [0.5, 0.6) is 0 Å². The second-order valence-electron chi connectivity index (χ2n) is 5.59. The van der Waals surface area contributed by atoms with Crippen molar-refractivity contribution in [1.82, 2.24) is 15.5 Å². The molecule has 0 aromatic rings. The zero-order valence-electron chi connectivity index (χ0n) is 12.8. The third-order valence-corrected chi connectivity index (χ3v) is 4.03. The Hall–Kier alpha value is -0.0700. The quantitative estimate of drug-likeness (QED) is 0.784. The number of morpholine rings is 1. The average molecular weight is 342 g/mol. The molecule has 5 nitrogen and oxygen atoms in total. The number of ether oxygens (including phenoxy) is 1. The molecule has 1 amide bonds. The molecule has 2 heterocycles. The van der Waals surface area contributed by atoms with Gasteiger partial charge in [0.1, 0.15) is 6.10 Å². The first-order chi connectivity index (χ1) is 9.29. The highest BCUT2D eigenvalue weighted by Crippen LogP contribution is 2.16. The number of nitrogens with zero attached hydrogens (tertiary/aromatic N) is 1. The van der Waals surface area contributed by atoms with Crippen molar-refractivity contribution in [2.75, 3.05) is 45.9 Å². The van der Waals surface area contributed by atoms with E-state index < -0.39 is 0 Å². The van der Waals surface area contributed by atoms with Gasteiger partial charge in [0.15, 0.2) is 0 Å². The van der Waals surface area contributed by atoms with E-state index >= 15 is 0 Å². The first-order valence-electron chi connectivity index (χ1n) is 7.62. The fraction of sp³-hybridized carbons (Fsp3) is 0.929. The Labute approximate surface area is 140 Å². The molecule has 2 rings (SSSR count). The molecule has 2 fully saturated rings. The van der Waals surface area contributed by atoms with Crippen molar-refractivity contribution >= 4 is 30.7 Å². The highest BCUT2D eigenvalue weighted by Gasteiger charge is 2.23. The fourth-order valence-electron chi connectivity index (χ4n) is 2.82. The topological polar surface area (TPSA) is 53.6 Å². The van der Waals surface area contributed by atoms with E-state index in [0.29, 0.717) is 19.1 Å². The molecule has 0 aromatic heterocycles. The summed E-state index contributed by atoms with van der Waals surface area (Å²) in [5.74, 6) is 0.678. The van der Waals surface area contributed by atoms with E-state index in [1.165, 1.54) is 38.9 Å². The van der Waals surface area contributed by atoms with Crippen molar-refractivity contribution in [3.8, 4) is 0 Å². The van der Waals surface area contributed by atoms with E-state index in [1.54, 1.807) is 0 Å². The lowest BCUT2D eigenvalue weighted by Crippen LogP contribution is -2.49. The Balaban J connectivity index is 0.00000200. The van der Waals surface area contributed by atoms with E-state index in [2.05, 4.69) is 22.5 Å². The molecule has 2 aliphatic rings. The van der Waals surface area contributed by atoms with Gasteiger partial charge in [-0.05, 0) is 44.8 Å². The van der Waals surface area contributed by atoms with Gasteiger partial charge in [0.05, 0.1) is 6.61 Å². The minimum absolute atomic E-state index is 0. The molecule has 2 N–H and O–H groups in total. The summed E-state index contributed by atoms with van der Waals surface area (Å²) in [5.41, 5.74) is 0. The van der Waals surface area contributed by atoms with Crippen molar-refractivity contribution in [2.24, 2.45) is 5.92 Å². The minimum Gasteiger partial charge on any atom is -0.366 e. The van der Waals surface area contributed by atoms with Gasteiger partial charge in [-0.25, -0.2) is 0 Å². The lowest BCUT2D eigenvalue weighted by molar-refractivity contribution is -0.134. The predicted octanol–water partition coefficient (Wildman–Crippen LogP) is 1.06. The number of piperidine rings is 1. The van der Waals surface area contributed by atoms with Crippen LogP contribution in [0.15, 0.2) is 0 Å². The molecule has 0 bridgehead atoms. The molecule has 21 heavy (non-hydrogen) atoms. The number of carbonyl (C=O) groups excluding carboxylic acids is 1. The Morgan fingerprint density at radius 2 is 2.05 bits per heavy atom. The van der Waals surface area contributed by atoms with Crippen LogP contribution in [-0.2, 0) is 9.53 Å². The number of hydrogen-bond acceptors (Lipinski definition) is 4. The maximum Gasteiger partial charge on any atom is 0.250 e. The normalized spacial score (nSPS) is 23.8. The predicted molar refractivity (Wildman–Crippen MR) is 89.6 cm³/mol. The molecule has 0 spiro atoms. The van der Waals surface area contributed by atoms with E-state index in [-0.39, 0.29) is 36.8 Å². The third kappa shape index (κ3) is 7.15. The van der Waals surface area contributed by atoms with Crippen LogP contribution < -0.4 is 10.6 Å². The van der Waals surface area contributed by atoms with Crippen LogP contribution in [0.3, 0.4) is 0 Å². The van der Waals surface area contributed by atoms with Crippen LogP contribution in [-0.4, -0.2) is 62.8 Å². The van der Waals surface area contributed by atoms with Crippen LogP contribution in [0.4, 0.5) is 0 Å². The Bertz CT molecular complexity index is 281. The third-order valence-electron chi connectivity index (χ3n) is 4.03. The number of likely N-dealkylation sites (tertiary alicyclic amines) is 1. The zero-order chi connectivity index (χ0) is 13.5. The van der Waals surface area contributed by atoms with Crippen molar-refractivity contribution < 1.29 is 9.53 Å². The number of carbonyl (C=O) groups is 1.